The quantitative estimate of drug-likeness (QED) is 0.0652. The van der Waals surface area contributed by atoms with Crippen molar-refractivity contribution in [2.45, 2.75) is 175 Å². The van der Waals surface area contributed by atoms with Crippen LogP contribution in [0, 0.1) is 29.6 Å². The van der Waals surface area contributed by atoms with Gasteiger partial charge in [0.2, 0.25) is 5.91 Å². The number of methoxy groups -OCH3 is 1. The normalized spacial score (nSPS) is 22.5. The molecule has 0 fully saturated rings. The Kier molecular flexibility index (Phi) is 19.1. The van der Waals surface area contributed by atoms with Crippen molar-refractivity contribution in [2.24, 2.45) is 35.5 Å². The molecule has 0 spiro atoms. The summed E-state index contributed by atoms with van der Waals surface area (Å²) in [7, 11) is -1.39. The van der Waals surface area contributed by atoms with Gasteiger partial charge in [-0.3, -0.25) is 9.59 Å². The van der Waals surface area contributed by atoms with Crippen LogP contribution in [0.3, 0.4) is 0 Å². The summed E-state index contributed by atoms with van der Waals surface area (Å²) in [5.41, 5.74) is 2.77. The van der Waals surface area contributed by atoms with Gasteiger partial charge in [0.15, 0.2) is 18.1 Å². The number of hydrogen-bond donors (Lipinski definition) is 4. The van der Waals surface area contributed by atoms with Crippen LogP contribution in [0.1, 0.15) is 133 Å². The lowest BCUT2D eigenvalue weighted by Gasteiger charge is -2.43. The number of amides is 1. The number of aliphatic hydroxyl groups is 1. The fourth-order valence-corrected chi connectivity index (χ4v) is 10.7. The molecule has 8 atom stereocenters. The van der Waals surface area contributed by atoms with Gasteiger partial charge in [-0.1, -0.05) is 106 Å². The van der Waals surface area contributed by atoms with E-state index in [1.54, 1.807) is 7.11 Å². The molecule has 10 nitrogen and oxygen atoms in total. The summed E-state index contributed by atoms with van der Waals surface area (Å²) in [6.45, 7) is 30.7. The third kappa shape index (κ3) is 14.6. The zero-order valence-electron chi connectivity index (χ0n) is 40.3. The largest absolute Gasteiger partial charge is 0.496 e. The fourth-order valence-electron chi connectivity index (χ4n) is 8.44. The summed E-state index contributed by atoms with van der Waals surface area (Å²) in [4.78, 5) is 26.7. The molecule has 12 heteroatoms. The Morgan fingerprint density at radius 3 is 2.31 bits per heavy atom. The minimum Gasteiger partial charge on any atom is -0.496 e. The number of ether oxygens (including phenoxy) is 2. The summed E-state index contributed by atoms with van der Waals surface area (Å²) in [5.74, 6) is 4.92. The van der Waals surface area contributed by atoms with Gasteiger partial charge in [-0.05, 0) is 121 Å². The maximum absolute atomic E-state index is 13.7. The summed E-state index contributed by atoms with van der Waals surface area (Å²) in [6, 6.07) is 10.4. The minimum atomic E-state index is -2.27. The molecule has 2 aliphatic carbocycles. The number of nitrogens with two attached hydrogens (primary N) is 1. The molecule has 344 valence electrons. The van der Waals surface area contributed by atoms with Gasteiger partial charge < -0.3 is 34.0 Å². The van der Waals surface area contributed by atoms with E-state index in [9.17, 15) is 14.7 Å². The summed E-state index contributed by atoms with van der Waals surface area (Å²) < 4.78 is 25.6. The van der Waals surface area contributed by atoms with Crippen LogP contribution in [0.15, 0.2) is 54.1 Å². The number of aliphatic hydroxyl groups excluding tert-OH is 1. The molecule has 0 saturated heterocycles. The lowest BCUT2D eigenvalue weighted by molar-refractivity contribution is -0.158. The molecule has 2 aliphatic rings. The predicted molar refractivity (Wildman–Crippen MR) is 254 cm³/mol. The van der Waals surface area contributed by atoms with Gasteiger partial charge in [-0.2, -0.15) is 0 Å². The first-order valence-electron chi connectivity index (χ1n) is 22.6. The van der Waals surface area contributed by atoms with E-state index in [-0.39, 0.29) is 58.1 Å². The third-order valence-corrected chi connectivity index (χ3v) is 19.4. The first-order valence-corrected chi connectivity index (χ1v) is 26.8. The van der Waals surface area contributed by atoms with Crippen LogP contribution in [-0.2, 0) is 35.3 Å². The Morgan fingerprint density at radius 1 is 1.03 bits per heavy atom. The molecule has 0 bridgehead atoms. The van der Waals surface area contributed by atoms with E-state index in [2.05, 4.69) is 136 Å². The van der Waals surface area contributed by atoms with Crippen LogP contribution in [-0.4, -0.2) is 65.7 Å². The molecule has 0 radical (unpaired) electrons. The molecule has 2 aromatic carbocycles. The number of rotatable bonds is 18. The Morgan fingerprint density at radius 2 is 1.70 bits per heavy atom. The zero-order valence-corrected chi connectivity index (χ0v) is 42.7. The Labute approximate surface area is 371 Å². The molecule has 0 aromatic heterocycles. The van der Waals surface area contributed by atoms with Crippen LogP contribution in [0.2, 0.25) is 23.2 Å². The number of fused-ring (bicyclic) bond motifs is 2. The van der Waals surface area contributed by atoms with Crippen molar-refractivity contribution in [3.05, 3.63) is 65.3 Å². The molecule has 8 unspecified atom stereocenters. The van der Waals surface area contributed by atoms with Gasteiger partial charge in [-0.15, -0.1) is 0 Å². The summed E-state index contributed by atoms with van der Waals surface area (Å²) in [5, 5.41) is 23.6. The third-order valence-electron chi connectivity index (χ3n) is 13.2. The summed E-state index contributed by atoms with van der Waals surface area (Å²) in [6.07, 6.45) is 9.09. The van der Waals surface area contributed by atoms with Crippen LogP contribution in [0.5, 0.6) is 5.75 Å². The molecule has 2 aromatic rings. The maximum Gasteiger partial charge on any atom is 0.308 e. The number of allylic oxidation sites excluding steroid dienone is 3. The number of carbonyl (C=O) groups excluding carboxylic acids is 2. The first-order chi connectivity index (χ1) is 28.4. The molecule has 0 aliphatic heterocycles. The molecular formula is C49H82N2O8Si2. The van der Waals surface area contributed by atoms with Gasteiger partial charge in [-0.25, -0.2) is 5.90 Å². The van der Waals surface area contributed by atoms with Gasteiger partial charge in [0.05, 0.1) is 37.3 Å². The summed E-state index contributed by atoms with van der Waals surface area (Å²) >= 11 is 0. The molecule has 0 saturated carbocycles. The topological polar surface area (TPSA) is 150 Å². The minimum absolute atomic E-state index is 0.0553. The fraction of sp³-hybridized carbons (Fsp3) is 0.673. The van der Waals surface area contributed by atoms with Gasteiger partial charge in [0.1, 0.15) is 11.9 Å². The van der Waals surface area contributed by atoms with Crippen molar-refractivity contribution in [3.63, 3.8) is 0 Å². The van der Waals surface area contributed by atoms with Crippen molar-refractivity contribution in [3.8, 4) is 5.75 Å². The van der Waals surface area contributed by atoms with E-state index in [0.29, 0.717) is 25.3 Å². The predicted octanol–water partition coefficient (Wildman–Crippen LogP) is 10.0. The molecular weight excluding hydrogens is 801 g/mol. The van der Waals surface area contributed by atoms with Crippen molar-refractivity contribution >= 4 is 40.7 Å². The van der Waals surface area contributed by atoms with Crippen LogP contribution in [0.25, 0.3) is 10.8 Å². The standard InChI is InChI=1S/C49H79NO7Si2.H3NO/c1-16-32(3)46(53)55-42-26-31(2)25-36-19-17-33(4)39(44(36)42)23-21-37(51)28-38(56-59(14,15)48(8,9)10)29-43(52)50-30-34-18-22-40-35(27-34)20-24-41(54-13)45(40)49(11,12)57-58-47(5,6)7;1-2/h17-20,22,24-25,27,31-33,37-39,42,44,51H,16,21,23,26,28-30,58H2,1-15H3,(H,50,52);2H,1H2. The van der Waals surface area contributed by atoms with E-state index >= 15 is 0 Å². The van der Waals surface area contributed by atoms with E-state index in [1.165, 1.54) is 5.57 Å². The highest BCUT2D eigenvalue weighted by atomic mass is 28.4. The van der Waals surface area contributed by atoms with E-state index in [0.717, 1.165) is 46.9 Å². The number of esters is 1. The average molecular weight is 883 g/mol. The first kappa shape index (κ1) is 52.5. The van der Waals surface area contributed by atoms with E-state index < -0.39 is 35.9 Å². The molecule has 1 amide bonds. The molecule has 0 heterocycles. The number of benzene rings is 2. The number of carbonyl (C=O) groups is 2. The highest BCUT2D eigenvalue weighted by Gasteiger charge is 2.43. The highest BCUT2D eigenvalue weighted by molar-refractivity contribution is 6.74. The Bertz CT molecular complexity index is 1810. The highest BCUT2D eigenvalue weighted by Crippen LogP contribution is 2.46. The number of hydrogen-bond acceptors (Lipinski definition) is 9. The van der Waals surface area contributed by atoms with Crippen molar-refractivity contribution in [2.75, 3.05) is 7.11 Å². The molecule has 61 heavy (non-hydrogen) atoms. The van der Waals surface area contributed by atoms with Gasteiger partial charge in [0, 0.05) is 18.0 Å². The zero-order chi connectivity index (χ0) is 46.1. The second-order valence-corrected chi connectivity index (χ2v) is 28.5. The monoisotopic (exact) mass is 883 g/mol. The average Bonchev–Trinajstić information content (AvgIpc) is 3.17. The Hall–Kier alpha value is -2.85. The van der Waals surface area contributed by atoms with Crippen molar-refractivity contribution < 1.29 is 38.2 Å². The molecule has 5 N–H and O–H groups in total. The van der Waals surface area contributed by atoms with E-state index in [1.807, 2.05) is 19.9 Å². The maximum atomic E-state index is 13.7. The van der Waals surface area contributed by atoms with Gasteiger partial charge in [0.25, 0.3) is 0 Å². The smallest absolute Gasteiger partial charge is 0.308 e. The Balaban J connectivity index is 0.00000489. The SMILES string of the molecule is CCC(C)C(=O)OC1CC(C)C=C2C=CC(C)C(CCC(O)CC(CC(=O)NCc3ccc4c(C(C)(C)O[SiH2]C(C)(C)C)c(OC)ccc4c3)O[Si](C)(C)C(C)(C)C)C21.NO. The van der Waals surface area contributed by atoms with Gasteiger partial charge >= 0.3 is 5.97 Å². The van der Waals surface area contributed by atoms with Crippen molar-refractivity contribution in [1.29, 1.82) is 0 Å². The van der Waals surface area contributed by atoms with Crippen molar-refractivity contribution in [1.82, 2.24) is 5.32 Å². The van der Waals surface area contributed by atoms with Crippen LogP contribution in [0.4, 0.5) is 0 Å². The number of nitrogens with one attached hydrogen (secondary N) is 1. The van der Waals surface area contributed by atoms with E-state index in [4.69, 9.17) is 23.5 Å². The molecule has 4 rings (SSSR count). The van der Waals surface area contributed by atoms with Crippen LogP contribution < -0.4 is 16.0 Å². The second kappa shape index (κ2) is 22.2. The van der Waals surface area contributed by atoms with Crippen LogP contribution >= 0.6 is 0 Å². The lowest BCUT2D eigenvalue weighted by atomic mass is 9.65. The lowest BCUT2D eigenvalue weighted by Crippen LogP contribution is -2.46. The second-order valence-electron chi connectivity index (χ2n) is 21.1.